The molecule has 1 aliphatic heterocycles. The SMILES string of the molecule is Cc1nnc(CN=C(NCC2CCCO2)NCC2(C(=O)N(C)C)CCCC2)n1C. The summed E-state index contributed by atoms with van der Waals surface area (Å²) in [5.41, 5.74) is -0.350. The summed E-state index contributed by atoms with van der Waals surface area (Å²) in [6, 6.07) is 0. The molecule has 0 aromatic carbocycles. The third-order valence-corrected chi connectivity index (χ3v) is 6.10. The first-order valence-corrected chi connectivity index (χ1v) is 10.6. The number of ether oxygens (including phenoxy) is 1. The van der Waals surface area contributed by atoms with Crippen LogP contribution < -0.4 is 10.6 Å². The Morgan fingerprint density at radius 2 is 2.03 bits per heavy atom. The smallest absolute Gasteiger partial charge is 0.230 e. The van der Waals surface area contributed by atoms with Gasteiger partial charge in [0, 0.05) is 40.8 Å². The van der Waals surface area contributed by atoms with Crippen LogP contribution in [-0.4, -0.2) is 71.4 Å². The molecule has 1 aromatic heterocycles. The first-order chi connectivity index (χ1) is 13.9. The largest absolute Gasteiger partial charge is 0.376 e. The first-order valence-electron chi connectivity index (χ1n) is 10.6. The maximum absolute atomic E-state index is 12.9. The zero-order chi connectivity index (χ0) is 20.9. The molecular formula is C20H35N7O2. The Balaban J connectivity index is 1.68. The molecule has 2 heterocycles. The number of nitrogens with one attached hydrogen (secondary N) is 2. The minimum absolute atomic E-state index is 0.199. The molecule has 2 N–H and O–H groups in total. The topological polar surface area (TPSA) is 96.7 Å². The fourth-order valence-electron chi connectivity index (χ4n) is 4.17. The van der Waals surface area contributed by atoms with Gasteiger partial charge in [-0.2, -0.15) is 0 Å². The van der Waals surface area contributed by atoms with Crippen molar-refractivity contribution in [2.45, 2.75) is 58.1 Å². The lowest BCUT2D eigenvalue weighted by atomic mass is 9.84. The number of hydrogen-bond acceptors (Lipinski definition) is 5. The number of aromatic nitrogens is 3. The van der Waals surface area contributed by atoms with E-state index in [-0.39, 0.29) is 17.4 Å². The average molecular weight is 406 g/mol. The van der Waals surface area contributed by atoms with Gasteiger partial charge in [0.25, 0.3) is 0 Å². The summed E-state index contributed by atoms with van der Waals surface area (Å²) in [5, 5.41) is 15.1. The molecule has 2 fully saturated rings. The van der Waals surface area contributed by atoms with Crippen molar-refractivity contribution >= 4 is 11.9 Å². The van der Waals surface area contributed by atoms with Gasteiger partial charge in [0.1, 0.15) is 12.4 Å². The Morgan fingerprint density at radius 1 is 1.28 bits per heavy atom. The molecule has 0 bridgehead atoms. The number of carbonyl (C=O) groups is 1. The molecular weight excluding hydrogens is 370 g/mol. The second kappa shape index (κ2) is 9.56. The van der Waals surface area contributed by atoms with Crippen molar-refractivity contribution in [3.63, 3.8) is 0 Å². The normalized spacial score (nSPS) is 21.4. The van der Waals surface area contributed by atoms with Gasteiger partial charge in [0.05, 0.1) is 11.5 Å². The lowest BCUT2D eigenvalue weighted by Crippen LogP contribution is -2.50. The number of amides is 1. The summed E-state index contributed by atoms with van der Waals surface area (Å²) < 4.78 is 7.66. The number of rotatable bonds is 7. The van der Waals surface area contributed by atoms with Gasteiger partial charge in [0.15, 0.2) is 11.8 Å². The summed E-state index contributed by atoms with van der Waals surface area (Å²) in [7, 11) is 5.61. The maximum Gasteiger partial charge on any atom is 0.230 e. The predicted molar refractivity (Wildman–Crippen MR) is 111 cm³/mol. The van der Waals surface area contributed by atoms with Gasteiger partial charge in [-0.25, -0.2) is 4.99 Å². The molecule has 29 heavy (non-hydrogen) atoms. The molecule has 0 spiro atoms. The monoisotopic (exact) mass is 405 g/mol. The van der Waals surface area contributed by atoms with Crippen LogP contribution in [-0.2, 0) is 23.1 Å². The first kappa shape index (κ1) is 21.5. The molecule has 0 radical (unpaired) electrons. The number of aryl methyl sites for hydroxylation is 1. The molecule has 9 nitrogen and oxygen atoms in total. The van der Waals surface area contributed by atoms with E-state index in [1.165, 1.54) is 0 Å². The van der Waals surface area contributed by atoms with Gasteiger partial charge in [-0.05, 0) is 32.6 Å². The predicted octanol–water partition coefficient (Wildman–Crippen LogP) is 0.986. The highest BCUT2D eigenvalue weighted by Crippen LogP contribution is 2.38. The lowest BCUT2D eigenvalue weighted by Gasteiger charge is -2.31. The van der Waals surface area contributed by atoms with Crippen LogP contribution in [0, 0.1) is 12.3 Å². The fraction of sp³-hybridized carbons (Fsp3) is 0.800. The number of carbonyl (C=O) groups excluding carboxylic acids is 1. The number of hydrogen-bond donors (Lipinski definition) is 2. The molecule has 2 aliphatic rings. The number of aliphatic imine (C=N–C) groups is 1. The van der Waals surface area contributed by atoms with E-state index in [0.717, 1.165) is 56.8 Å². The van der Waals surface area contributed by atoms with Crippen molar-refractivity contribution < 1.29 is 9.53 Å². The van der Waals surface area contributed by atoms with Gasteiger partial charge < -0.3 is 24.8 Å². The van der Waals surface area contributed by atoms with Gasteiger partial charge in [0.2, 0.25) is 5.91 Å². The summed E-state index contributed by atoms with van der Waals surface area (Å²) in [5.74, 6) is 2.56. The average Bonchev–Trinajstić information content (AvgIpc) is 3.45. The molecule has 9 heteroatoms. The minimum Gasteiger partial charge on any atom is -0.376 e. The third kappa shape index (κ3) is 5.26. The quantitative estimate of drug-likeness (QED) is 0.519. The van der Waals surface area contributed by atoms with Crippen molar-refractivity contribution in [3.05, 3.63) is 11.6 Å². The van der Waals surface area contributed by atoms with E-state index in [4.69, 9.17) is 9.73 Å². The molecule has 1 amide bonds. The molecule has 1 aromatic rings. The van der Waals surface area contributed by atoms with E-state index >= 15 is 0 Å². The van der Waals surface area contributed by atoms with Crippen molar-refractivity contribution in [2.24, 2.45) is 17.5 Å². The van der Waals surface area contributed by atoms with Crippen molar-refractivity contribution in [1.82, 2.24) is 30.3 Å². The van der Waals surface area contributed by atoms with Gasteiger partial charge >= 0.3 is 0 Å². The maximum atomic E-state index is 12.9. The van der Waals surface area contributed by atoms with E-state index in [2.05, 4.69) is 20.8 Å². The van der Waals surface area contributed by atoms with E-state index in [1.54, 1.807) is 4.90 Å². The summed E-state index contributed by atoms with van der Waals surface area (Å²) in [4.78, 5) is 19.3. The van der Waals surface area contributed by atoms with Crippen LogP contribution in [0.25, 0.3) is 0 Å². The van der Waals surface area contributed by atoms with Gasteiger partial charge in [-0.3, -0.25) is 4.79 Å². The van der Waals surface area contributed by atoms with E-state index < -0.39 is 0 Å². The van der Waals surface area contributed by atoms with Crippen LogP contribution in [0.15, 0.2) is 4.99 Å². The molecule has 1 saturated heterocycles. The number of guanidine groups is 1. The van der Waals surface area contributed by atoms with Crippen LogP contribution in [0.3, 0.4) is 0 Å². The van der Waals surface area contributed by atoms with Crippen LogP contribution in [0.2, 0.25) is 0 Å². The van der Waals surface area contributed by atoms with Gasteiger partial charge in [-0.1, -0.05) is 12.8 Å². The van der Waals surface area contributed by atoms with Crippen LogP contribution in [0.4, 0.5) is 0 Å². The lowest BCUT2D eigenvalue weighted by molar-refractivity contribution is -0.138. The Bertz CT molecular complexity index is 716. The Morgan fingerprint density at radius 3 is 2.62 bits per heavy atom. The molecule has 3 rings (SSSR count). The van der Waals surface area contributed by atoms with Gasteiger partial charge in [-0.15, -0.1) is 10.2 Å². The van der Waals surface area contributed by atoms with Crippen LogP contribution in [0.1, 0.15) is 50.2 Å². The Kier molecular flexibility index (Phi) is 7.10. The molecule has 1 saturated carbocycles. The summed E-state index contributed by atoms with van der Waals surface area (Å²) >= 11 is 0. The molecule has 1 aliphatic carbocycles. The summed E-state index contributed by atoms with van der Waals surface area (Å²) in [6.07, 6.45) is 6.39. The van der Waals surface area contributed by atoms with Crippen molar-refractivity contribution in [1.29, 1.82) is 0 Å². The second-order valence-corrected chi connectivity index (χ2v) is 8.44. The highest BCUT2D eigenvalue weighted by molar-refractivity contribution is 5.85. The van der Waals surface area contributed by atoms with E-state index in [1.807, 2.05) is 32.6 Å². The van der Waals surface area contributed by atoms with E-state index in [0.29, 0.717) is 25.6 Å². The fourth-order valence-corrected chi connectivity index (χ4v) is 4.17. The molecule has 162 valence electrons. The Hall–Kier alpha value is -2.16. The Labute approximate surface area is 173 Å². The highest BCUT2D eigenvalue weighted by atomic mass is 16.5. The standard InChI is InChI=1S/C20H35N7O2/c1-15-24-25-17(27(15)4)13-22-19(21-12-16-8-7-11-29-16)23-14-20(9-5-6-10-20)18(28)26(2)3/h16H,5-14H2,1-4H3,(H2,21,22,23). The summed E-state index contributed by atoms with van der Waals surface area (Å²) in [6.45, 7) is 4.46. The highest BCUT2D eigenvalue weighted by Gasteiger charge is 2.42. The zero-order valence-corrected chi connectivity index (χ0v) is 18.2. The van der Waals surface area contributed by atoms with Crippen LogP contribution in [0.5, 0.6) is 0 Å². The number of nitrogens with zero attached hydrogens (tertiary/aromatic N) is 5. The minimum atomic E-state index is -0.350. The molecule has 1 unspecified atom stereocenters. The molecule has 1 atom stereocenters. The second-order valence-electron chi connectivity index (χ2n) is 8.44. The zero-order valence-electron chi connectivity index (χ0n) is 18.2. The van der Waals surface area contributed by atoms with Crippen LogP contribution >= 0.6 is 0 Å². The van der Waals surface area contributed by atoms with E-state index in [9.17, 15) is 4.79 Å². The third-order valence-electron chi connectivity index (χ3n) is 6.10. The van der Waals surface area contributed by atoms with Crippen molar-refractivity contribution in [3.8, 4) is 0 Å². The van der Waals surface area contributed by atoms with Crippen molar-refractivity contribution in [2.75, 3.05) is 33.8 Å².